The fraction of sp³-hybridized carbons (Fsp3) is 1.00. The maximum absolute atomic E-state index is 10.9. The van der Waals surface area contributed by atoms with Crippen LogP contribution in [0.1, 0.15) is 20.8 Å². The minimum absolute atomic E-state index is 0.243. The summed E-state index contributed by atoms with van der Waals surface area (Å²) in [5.41, 5.74) is 0. The van der Waals surface area contributed by atoms with Crippen molar-refractivity contribution in [1.29, 1.82) is 0 Å². The highest BCUT2D eigenvalue weighted by Gasteiger charge is 2.35. The Balaban J connectivity index is 4.86. The molecule has 5 heteroatoms. The number of rotatable bonds is 4. The van der Waals surface area contributed by atoms with E-state index >= 15 is 0 Å². The van der Waals surface area contributed by atoms with E-state index in [2.05, 4.69) is 0 Å². The molecule has 1 N–H and O–H groups in total. The molecule has 0 amide bonds. The van der Waals surface area contributed by atoms with E-state index in [4.69, 9.17) is 4.55 Å². The first-order chi connectivity index (χ1) is 4.93. The van der Waals surface area contributed by atoms with Gasteiger partial charge in [0.2, 0.25) is 0 Å². The average Bonchev–Trinajstić information content (AvgIpc) is 1.90. The molecule has 0 aliphatic heterocycles. The van der Waals surface area contributed by atoms with Gasteiger partial charge >= 0.3 is 10.3 Å². The van der Waals surface area contributed by atoms with Crippen LogP contribution >= 0.6 is 0 Å². The number of quaternary nitrogens is 1. The summed E-state index contributed by atoms with van der Waals surface area (Å²) in [7, 11) is -3.94. The third-order valence-electron chi connectivity index (χ3n) is 2.22. The van der Waals surface area contributed by atoms with E-state index in [0.717, 1.165) is 0 Å². The van der Waals surface area contributed by atoms with Gasteiger partial charge in [0, 0.05) is 0 Å². The Morgan fingerprint density at radius 1 is 1.09 bits per heavy atom. The maximum atomic E-state index is 10.9. The van der Waals surface area contributed by atoms with Crippen molar-refractivity contribution in [2.24, 2.45) is 0 Å². The van der Waals surface area contributed by atoms with Gasteiger partial charge in [-0.05, 0) is 20.8 Å². The smallest absolute Gasteiger partial charge is 0.241 e. The largest absolute Gasteiger partial charge is 0.432 e. The third kappa shape index (κ3) is 1.91. The minimum atomic E-state index is -3.94. The molecule has 0 spiro atoms. The van der Waals surface area contributed by atoms with Gasteiger partial charge in [-0.3, -0.25) is 0 Å². The molecule has 0 heterocycles. The lowest BCUT2D eigenvalue weighted by molar-refractivity contribution is -0.804. The predicted molar refractivity (Wildman–Crippen MR) is 43.4 cm³/mol. The average molecular weight is 182 g/mol. The second kappa shape index (κ2) is 3.51. The van der Waals surface area contributed by atoms with Crippen LogP contribution in [-0.4, -0.2) is 36.5 Å². The molecule has 0 aliphatic rings. The lowest BCUT2D eigenvalue weighted by Crippen LogP contribution is -2.51. The van der Waals surface area contributed by atoms with Crippen molar-refractivity contribution in [2.75, 3.05) is 19.6 Å². The van der Waals surface area contributed by atoms with Gasteiger partial charge in [0.15, 0.2) is 0 Å². The number of hydrogen-bond donors (Lipinski definition) is 1. The first-order valence-corrected chi connectivity index (χ1v) is 5.17. The first kappa shape index (κ1) is 10.9. The lowest BCUT2D eigenvalue weighted by atomic mass is 10.5. The van der Waals surface area contributed by atoms with Crippen molar-refractivity contribution >= 4 is 10.3 Å². The highest BCUT2D eigenvalue weighted by atomic mass is 32.2. The molecule has 0 saturated heterocycles. The van der Waals surface area contributed by atoms with Crippen molar-refractivity contribution in [3.8, 4) is 0 Å². The van der Waals surface area contributed by atoms with Gasteiger partial charge in [-0.15, -0.1) is 8.42 Å². The molecule has 68 valence electrons. The molecule has 0 bridgehead atoms. The molecule has 0 rings (SSSR count). The van der Waals surface area contributed by atoms with Crippen molar-refractivity contribution in [3.05, 3.63) is 0 Å². The van der Waals surface area contributed by atoms with Crippen LogP contribution in [0.3, 0.4) is 0 Å². The molecule has 0 atom stereocenters. The van der Waals surface area contributed by atoms with E-state index in [1.807, 2.05) is 0 Å². The monoisotopic (exact) mass is 182 g/mol. The molecule has 0 saturated carbocycles. The predicted octanol–water partition coefficient (Wildman–Crippen LogP) is 0.666. The maximum Gasteiger partial charge on any atom is 0.432 e. The Morgan fingerprint density at radius 3 is 1.36 bits per heavy atom. The van der Waals surface area contributed by atoms with Gasteiger partial charge in [-0.2, -0.15) is 3.89 Å². The zero-order chi connectivity index (χ0) is 9.12. The van der Waals surface area contributed by atoms with Crippen LogP contribution in [0.25, 0.3) is 0 Å². The van der Waals surface area contributed by atoms with E-state index in [0.29, 0.717) is 19.6 Å². The summed E-state index contributed by atoms with van der Waals surface area (Å²) >= 11 is 0. The van der Waals surface area contributed by atoms with Gasteiger partial charge in [0.25, 0.3) is 0 Å². The van der Waals surface area contributed by atoms with Crippen molar-refractivity contribution < 1.29 is 16.9 Å². The molecule has 11 heavy (non-hydrogen) atoms. The minimum Gasteiger partial charge on any atom is -0.241 e. The second-order valence-corrected chi connectivity index (χ2v) is 4.12. The molecular formula is C6H16NO3S+. The fourth-order valence-electron chi connectivity index (χ4n) is 1.16. The summed E-state index contributed by atoms with van der Waals surface area (Å²) in [5, 5.41) is 0. The summed E-state index contributed by atoms with van der Waals surface area (Å²) in [4.78, 5) is 0. The van der Waals surface area contributed by atoms with E-state index in [9.17, 15) is 8.42 Å². The second-order valence-electron chi connectivity index (χ2n) is 2.45. The summed E-state index contributed by atoms with van der Waals surface area (Å²) in [6.45, 7) is 6.48. The topological polar surface area (TPSA) is 54.4 Å². The van der Waals surface area contributed by atoms with Gasteiger partial charge in [0.1, 0.15) is 0 Å². The number of hydrogen-bond acceptors (Lipinski definition) is 2. The molecule has 0 aromatic rings. The van der Waals surface area contributed by atoms with Crippen LogP contribution in [0.15, 0.2) is 0 Å². The molecule has 0 unspecified atom stereocenters. The van der Waals surface area contributed by atoms with Gasteiger partial charge in [-0.1, -0.05) is 0 Å². The van der Waals surface area contributed by atoms with E-state index in [1.54, 1.807) is 20.8 Å². The molecule has 4 nitrogen and oxygen atoms in total. The van der Waals surface area contributed by atoms with Gasteiger partial charge in [-0.25, -0.2) is 4.55 Å². The van der Waals surface area contributed by atoms with Crippen LogP contribution in [0.4, 0.5) is 0 Å². The zero-order valence-electron chi connectivity index (χ0n) is 7.24. The Morgan fingerprint density at radius 2 is 1.36 bits per heavy atom. The van der Waals surface area contributed by atoms with E-state index in [-0.39, 0.29) is 3.89 Å². The summed E-state index contributed by atoms with van der Waals surface area (Å²) in [6, 6.07) is 0. The summed E-state index contributed by atoms with van der Waals surface area (Å²) in [5.74, 6) is 0. The molecule has 0 aliphatic carbocycles. The molecule has 0 fully saturated rings. The van der Waals surface area contributed by atoms with Crippen LogP contribution in [0.5, 0.6) is 0 Å². The molecule has 0 radical (unpaired) electrons. The first-order valence-electron chi connectivity index (χ1n) is 3.77. The molecule has 0 aromatic heterocycles. The molecular weight excluding hydrogens is 166 g/mol. The normalized spacial score (nSPS) is 13.5. The van der Waals surface area contributed by atoms with Crippen molar-refractivity contribution in [3.63, 3.8) is 0 Å². The Bertz CT molecular complexity index is 198. The Kier molecular flexibility index (Phi) is 3.47. The van der Waals surface area contributed by atoms with Crippen molar-refractivity contribution in [1.82, 2.24) is 0 Å². The third-order valence-corrected chi connectivity index (χ3v) is 3.97. The highest BCUT2D eigenvalue weighted by Crippen LogP contribution is 2.11. The van der Waals surface area contributed by atoms with Crippen LogP contribution in [0, 0.1) is 0 Å². The van der Waals surface area contributed by atoms with Crippen LogP contribution in [0.2, 0.25) is 0 Å². The summed E-state index contributed by atoms with van der Waals surface area (Å²) < 4.78 is 30.4. The van der Waals surface area contributed by atoms with Gasteiger partial charge < -0.3 is 0 Å². The van der Waals surface area contributed by atoms with Gasteiger partial charge in [0.05, 0.1) is 19.6 Å². The lowest BCUT2D eigenvalue weighted by Gasteiger charge is -2.29. The van der Waals surface area contributed by atoms with Crippen LogP contribution < -0.4 is 0 Å². The standard InChI is InChI=1S/C6H15NO3S/c1-4-7(5-2,6-3)11(8,9)10/h4-6H2,1-3H3/p+1. The number of nitrogens with zero attached hydrogens (tertiary/aromatic N) is 1. The van der Waals surface area contributed by atoms with Crippen LogP contribution in [-0.2, 0) is 10.3 Å². The fourth-order valence-corrected chi connectivity index (χ4v) is 2.14. The van der Waals surface area contributed by atoms with E-state index in [1.165, 1.54) is 0 Å². The SMILES string of the molecule is CC[N+](CC)(CC)S(=O)(=O)O. The Labute approximate surface area is 68.3 Å². The zero-order valence-corrected chi connectivity index (χ0v) is 8.06. The Hall–Kier alpha value is -0.130. The quantitative estimate of drug-likeness (QED) is 0.513. The van der Waals surface area contributed by atoms with E-state index < -0.39 is 10.3 Å². The van der Waals surface area contributed by atoms with Crippen molar-refractivity contribution in [2.45, 2.75) is 20.8 Å². The highest BCUT2D eigenvalue weighted by molar-refractivity contribution is 7.80. The summed E-state index contributed by atoms with van der Waals surface area (Å²) in [6.07, 6.45) is 0. The molecule has 0 aromatic carbocycles.